The van der Waals surface area contributed by atoms with E-state index < -0.39 is 46.0 Å². The van der Waals surface area contributed by atoms with Gasteiger partial charge in [-0.05, 0) is 122 Å². The van der Waals surface area contributed by atoms with Gasteiger partial charge in [0.2, 0.25) is 23.0 Å². The van der Waals surface area contributed by atoms with Gasteiger partial charge in [-0.1, -0.05) is 158 Å². The standard InChI is InChI=1S/C61H46B2N2O8/c1-3-4-6-9-36(2)37-20-28-46(29-21-37)64(52-50(62)54(66)58(70)60(72)56(52)68)48-32-24-44(25-33-48)41-16-12-39(13-17-41)40-14-18-42(19-15-40)45-26-34-49(35-27-45)65(53-51(63)55(67)59(71)61(73)57(53)69)47-30-22-43(23-31-47)38-10-7-5-8-11-38/h3-35,66-73H,2H2,1H3/b4-3-,9-6-. The summed E-state index contributed by atoms with van der Waals surface area (Å²) in [6.45, 7) is 6.07. The lowest BCUT2D eigenvalue weighted by Crippen LogP contribution is -2.20. The molecule has 73 heavy (non-hydrogen) atoms. The lowest BCUT2D eigenvalue weighted by atomic mass is 9.90. The highest BCUT2D eigenvalue weighted by molar-refractivity contribution is 6.40. The summed E-state index contributed by atoms with van der Waals surface area (Å²) < 4.78 is 0. The molecule has 0 bridgehead atoms. The Morgan fingerprint density at radius 2 is 0.630 bits per heavy atom. The molecule has 0 saturated heterocycles. The molecule has 0 aromatic heterocycles. The van der Waals surface area contributed by atoms with Gasteiger partial charge in [-0.3, -0.25) is 0 Å². The summed E-state index contributed by atoms with van der Waals surface area (Å²) in [4.78, 5) is 3.18. The fraction of sp³-hybridized carbons (Fsp3) is 0.0164. The zero-order chi connectivity index (χ0) is 51.5. The van der Waals surface area contributed by atoms with E-state index in [0.717, 1.165) is 55.6 Å². The third-order valence-electron chi connectivity index (χ3n) is 12.6. The normalized spacial score (nSPS) is 11.3. The number of hydrogen-bond donors (Lipinski definition) is 8. The summed E-state index contributed by atoms with van der Waals surface area (Å²) in [6.07, 6.45) is 7.58. The van der Waals surface area contributed by atoms with Crippen molar-refractivity contribution in [2.24, 2.45) is 0 Å². The van der Waals surface area contributed by atoms with Gasteiger partial charge in [-0.2, -0.15) is 0 Å². The predicted octanol–water partition coefficient (Wildman–Crippen LogP) is 12.7. The van der Waals surface area contributed by atoms with Crippen LogP contribution in [0.25, 0.3) is 50.1 Å². The molecule has 9 rings (SSSR count). The van der Waals surface area contributed by atoms with E-state index in [9.17, 15) is 40.9 Å². The maximum Gasteiger partial charge on any atom is 0.206 e. The Balaban J connectivity index is 0.959. The van der Waals surface area contributed by atoms with Crippen molar-refractivity contribution in [1.29, 1.82) is 0 Å². The first kappa shape index (κ1) is 48.4. The molecule has 0 atom stereocenters. The minimum absolute atomic E-state index is 0.109. The van der Waals surface area contributed by atoms with E-state index in [0.29, 0.717) is 22.7 Å². The summed E-state index contributed by atoms with van der Waals surface area (Å²) in [6, 6.07) is 55.8. The van der Waals surface area contributed by atoms with Gasteiger partial charge in [0.15, 0.2) is 23.0 Å². The van der Waals surface area contributed by atoms with E-state index in [1.807, 2.05) is 195 Å². The highest BCUT2D eigenvalue weighted by Crippen LogP contribution is 2.51. The summed E-state index contributed by atoms with van der Waals surface area (Å²) in [5.41, 5.74) is 10.5. The Morgan fingerprint density at radius 3 is 0.945 bits per heavy atom. The first-order chi connectivity index (χ1) is 35.2. The molecule has 0 aliphatic carbocycles. The molecule has 354 valence electrons. The molecule has 0 fully saturated rings. The van der Waals surface area contributed by atoms with Crippen LogP contribution in [0.3, 0.4) is 0 Å². The SMILES string of the molecule is [B]c1c(O)c(O)c(O)c(O)c1N(c1ccc(C(=C)/C=C\C=C/C)cc1)c1ccc(-c2ccc(-c3ccc(-c4ccc(N(c5ccc(-c6ccccc6)cc5)c5c([B])c(O)c(O)c(O)c5O)cc4)cc3)cc2)cc1. The van der Waals surface area contributed by atoms with Gasteiger partial charge in [-0.25, -0.2) is 0 Å². The molecule has 8 N–H and O–H groups in total. The number of rotatable bonds is 13. The van der Waals surface area contributed by atoms with Gasteiger partial charge in [0.1, 0.15) is 15.7 Å². The van der Waals surface area contributed by atoms with Crippen molar-refractivity contribution in [2.75, 3.05) is 9.80 Å². The van der Waals surface area contributed by atoms with Crippen molar-refractivity contribution in [3.63, 3.8) is 0 Å². The number of hydrogen-bond acceptors (Lipinski definition) is 10. The zero-order valence-corrected chi connectivity index (χ0v) is 39.4. The fourth-order valence-corrected chi connectivity index (χ4v) is 8.63. The van der Waals surface area contributed by atoms with Crippen LogP contribution in [0, 0.1) is 0 Å². The van der Waals surface area contributed by atoms with E-state index in [1.54, 1.807) is 21.9 Å². The first-order valence-corrected chi connectivity index (χ1v) is 23.0. The molecule has 9 aromatic carbocycles. The van der Waals surface area contributed by atoms with E-state index in [2.05, 4.69) is 6.58 Å². The van der Waals surface area contributed by atoms with Gasteiger partial charge in [-0.15, -0.1) is 0 Å². The summed E-state index contributed by atoms with van der Waals surface area (Å²) in [7, 11) is 12.6. The number of phenolic OH excluding ortho intramolecular Hbond substituents is 8. The number of aromatic hydroxyl groups is 8. The second-order valence-corrected chi connectivity index (χ2v) is 17.1. The Morgan fingerprint density at radius 1 is 0.356 bits per heavy atom. The highest BCUT2D eigenvalue weighted by atomic mass is 16.4. The second kappa shape index (κ2) is 20.4. The van der Waals surface area contributed by atoms with Crippen LogP contribution in [0.2, 0.25) is 0 Å². The lowest BCUT2D eigenvalue weighted by molar-refractivity contribution is 0.348. The number of nitrogens with zero attached hydrogens (tertiary/aromatic N) is 2. The van der Waals surface area contributed by atoms with Crippen molar-refractivity contribution in [1.82, 2.24) is 0 Å². The van der Waals surface area contributed by atoms with Crippen LogP contribution in [0.5, 0.6) is 46.0 Å². The molecule has 9 aromatic rings. The van der Waals surface area contributed by atoms with Crippen LogP contribution >= 0.6 is 0 Å². The van der Waals surface area contributed by atoms with Crippen molar-refractivity contribution in [2.45, 2.75) is 6.92 Å². The van der Waals surface area contributed by atoms with Crippen molar-refractivity contribution in [3.05, 3.63) is 212 Å². The average Bonchev–Trinajstić information content (AvgIpc) is 3.44. The van der Waals surface area contributed by atoms with Crippen molar-refractivity contribution < 1.29 is 40.9 Å². The van der Waals surface area contributed by atoms with E-state index in [-0.39, 0.29) is 22.3 Å². The molecular formula is C61H46B2N2O8. The molecule has 0 amide bonds. The Kier molecular flexibility index (Phi) is 13.5. The molecule has 0 spiro atoms. The zero-order valence-electron chi connectivity index (χ0n) is 39.4. The molecule has 0 aliphatic rings. The Bertz CT molecular complexity index is 3490. The largest absolute Gasteiger partial charge is 0.505 e. The predicted molar refractivity (Wildman–Crippen MR) is 295 cm³/mol. The Hall–Kier alpha value is -9.67. The molecule has 0 aliphatic heterocycles. The molecule has 0 unspecified atom stereocenters. The van der Waals surface area contributed by atoms with Crippen LogP contribution in [0.1, 0.15) is 12.5 Å². The highest BCUT2D eigenvalue weighted by Gasteiger charge is 2.28. The molecule has 4 radical (unpaired) electrons. The van der Waals surface area contributed by atoms with Crippen LogP contribution in [0.15, 0.2) is 207 Å². The lowest BCUT2D eigenvalue weighted by Gasteiger charge is -2.29. The maximum absolute atomic E-state index is 11.1. The van der Waals surface area contributed by atoms with E-state index in [4.69, 9.17) is 15.7 Å². The molecular weight excluding hydrogens is 910 g/mol. The van der Waals surface area contributed by atoms with Crippen molar-refractivity contribution >= 4 is 66.3 Å². The monoisotopic (exact) mass is 956 g/mol. The van der Waals surface area contributed by atoms with E-state index >= 15 is 0 Å². The fourth-order valence-electron chi connectivity index (χ4n) is 8.63. The van der Waals surface area contributed by atoms with Crippen LogP contribution in [-0.4, -0.2) is 56.5 Å². The van der Waals surface area contributed by atoms with Crippen LogP contribution in [-0.2, 0) is 0 Å². The minimum Gasteiger partial charge on any atom is -0.505 e. The number of anilines is 6. The van der Waals surface area contributed by atoms with Gasteiger partial charge in [0.05, 0.1) is 11.4 Å². The molecule has 10 nitrogen and oxygen atoms in total. The smallest absolute Gasteiger partial charge is 0.206 e. The van der Waals surface area contributed by atoms with E-state index in [1.165, 1.54) is 0 Å². The maximum atomic E-state index is 11.1. The third kappa shape index (κ3) is 9.40. The minimum atomic E-state index is -0.932. The van der Waals surface area contributed by atoms with Gasteiger partial charge in [0.25, 0.3) is 0 Å². The summed E-state index contributed by atoms with van der Waals surface area (Å²) >= 11 is 0. The Labute approximate surface area is 425 Å². The number of benzene rings is 9. The number of phenols is 8. The average molecular weight is 957 g/mol. The molecule has 12 heteroatoms. The second-order valence-electron chi connectivity index (χ2n) is 17.1. The topological polar surface area (TPSA) is 168 Å². The van der Waals surface area contributed by atoms with Crippen LogP contribution in [0.4, 0.5) is 34.1 Å². The van der Waals surface area contributed by atoms with Crippen molar-refractivity contribution in [3.8, 4) is 90.5 Å². The number of allylic oxidation sites excluding steroid dienone is 5. The summed E-state index contributed by atoms with van der Waals surface area (Å²) in [5.74, 6) is -6.63. The quantitative estimate of drug-likeness (QED) is 0.0241. The third-order valence-corrected chi connectivity index (χ3v) is 12.6. The molecule has 0 saturated carbocycles. The first-order valence-electron chi connectivity index (χ1n) is 23.0. The van der Waals surface area contributed by atoms with Gasteiger partial charge in [0, 0.05) is 22.7 Å². The van der Waals surface area contributed by atoms with Crippen LogP contribution < -0.4 is 20.7 Å². The summed E-state index contributed by atoms with van der Waals surface area (Å²) in [5, 5.41) is 85.2. The molecule has 0 heterocycles. The van der Waals surface area contributed by atoms with Gasteiger partial charge >= 0.3 is 0 Å². The van der Waals surface area contributed by atoms with Gasteiger partial charge < -0.3 is 50.7 Å².